The fraction of sp³-hybridized carbons (Fsp3) is 0.588. The first-order chi connectivity index (χ1) is 11.9. The van der Waals surface area contributed by atoms with Crippen molar-refractivity contribution in [3.8, 4) is 0 Å². The summed E-state index contributed by atoms with van der Waals surface area (Å²) >= 11 is 0. The maximum absolute atomic E-state index is 12.6. The van der Waals surface area contributed by atoms with Gasteiger partial charge in [0.2, 0.25) is 0 Å². The van der Waals surface area contributed by atoms with Crippen LogP contribution in [-0.2, 0) is 16.1 Å². The van der Waals surface area contributed by atoms with Crippen molar-refractivity contribution in [2.45, 2.75) is 51.1 Å². The smallest absolute Gasteiger partial charge is 0.344 e. The first kappa shape index (κ1) is 17.5. The number of furan rings is 1. The SMILES string of the molecule is Cc1ccc(CN(C)CC(=O)NN2C(=O)NC3(CCCCC3)C2=O)o1. The van der Waals surface area contributed by atoms with E-state index in [2.05, 4.69) is 10.7 Å². The molecule has 25 heavy (non-hydrogen) atoms. The minimum atomic E-state index is -0.833. The summed E-state index contributed by atoms with van der Waals surface area (Å²) in [6.45, 7) is 2.37. The Kier molecular flexibility index (Phi) is 4.80. The van der Waals surface area contributed by atoms with Gasteiger partial charge in [-0.3, -0.25) is 19.9 Å². The van der Waals surface area contributed by atoms with Gasteiger partial charge in [0.05, 0.1) is 13.1 Å². The maximum Gasteiger partial charge on any atom is 0.344 e. The third kappa shape index (κ3) is 3.68. The molecule has 2 aliphatic rings. The van der Waals surface area contributed by atoms with Gasteiger partial charge in [-0.05, 0) is 38.9 Å². The first-order valence-corrected chi connectivity index (χ1v) is 8.60. The van der Waals surface area contributed by atoms with Crippen LogP contribution in [0, 0.1) is 6.92 Å². The summed E-state index contributed by atoms with van der Waals surface area (Å²) in [6.07, 6.45) is 4.12. The Bertz CT molecular complexity index is 678. The molecule has 0 bridgehead atoms. The van der Waals surface area contributed by atoms with Crippen LogP contribution in [0.2, 0.25) is 0 Å². The van der Waals surface area contributed by atoms with Crippen molar-refractivity contribution in [3.63, 3.8) is 0 Å². The molecule has 1 aromatic heterocycles. The van der Waals surface area contributed by atoms with Gasteiger partial charge in [0.1, 0.15) is 17.1 Å². The zero-order valence-electron chi connectivity index (χ0n) is 14.6. The molecule has 0 atom stereocenters. The third-order valence-corrected chi connectivity index (χ3v) is 4.74. The number of aryl methyl sites for hydroxylation is 1. The molecule has 1 saturated carbocycles. The number of likely N-dealkylation sites (N-methyl/N-ethyl adjacent to an activating group) is 1. The highest BCUT2D eigenvalue weighted by atomic mass is 16.3. The van der Waals surface area contributed by atoms with Gasteiger partial charge in [-0.2, -0.15) is 5.01 Å². The van der Waals surface area contributed by atoms with Crippen LogP contribution < -0.4 is 10.7 Å². The van der Waals surface area contributed by atoms with Crippen LogP contribution in [0.5, 0.6) is 0 Å². The van der Waals surface area contributed by atoms with Crippen LogP contribution in [0.3, 0.4) is 0 Å². The van der Waals surface area contributed by atoms with Crippen LogP contribution in [0.25, 0.3) is 0 Å². The van der Waals surface area contributed by atoms with E-state index in [0.29, 0.717) is 19.4 Å². The van der Waals surface area contributed by atoms with Crippen LogP contribution in [0.15, 0.2) is 16.5 Å². The van der Waals surface area contributed by atoms with Gasteiger partial charge in [-0.1, -0.05) is 19.3 Å². The molecule has 1 spiro atoms. The van der Waals surface area contributed by atoms with Gasteiger partial charge < -0.3 is 9.73 Å². The van der Waals surface area contributed by atoms with Crippen molar-refractivity contribution in [3.05, 3.63) is 23.7 Å². The fourth-order valence-electron chi connectivity index (χ4n) is 3.51. The molecule has 8 heteroatoms. The van der Waals surface area contributed by atoms with E-state index in [4.69, 9.17) is 4.42 Å². The zero-order chi connectivity index (χ0) is 18.0. The molecule has 1 aromatic rings. The lowest BCUT2D eigenvalue weighted by atomic mass is 9.82. The summed E-state index contributed by atoms with van der Waals surface area (Å²) in [5.74, 6) is 0.797. The molecule has 4 amide bonds. The number of amides is 4. The average Bonchev–Trinajstić information content (AvgIpc) is 3.05. The molecule has 0 aromatic carbocycles. The van der Waals surface area contributed by atoms with E-state index in [1.807, 2.05) is 19.1 Å². The van der Waals surface area contributed by atoms with Gasteiger partial charge >= 0.3 is 6.03 Å². The molecular weight excluding hydrogens is 324 g/mol. The highest BCUT2D eigenvalue weighted by Gasteiger charge is 2.52. The lowest BCUT2D eigenvalue weighted by molar-refractivity contribution is -0.140. The molecule has 1 aliphatic carbocycles. The van der Waals surface area contributed by atoms with E-state index in [0.717, 1.165) is 35.8 Å². The first-order valence-electron chi connectivity index (χ1n) is 8.60. The molecular formula is C17H24N4O4. The molecule has 1 aliphatic heterocycles. The number of hydrogen-bond acceptors (Lipinski definition) is 5. The topological polar surface area (TPSA) is 94.9 Å². The summed E-state index contributed by atoms with van der Waals surface area (Å²) in [5.41, 5.74) is 1.60. The Morgan fingerprint density at radius 2 is 2.04 bits per heavy atom. The Morgan fingerprint density at radius 1 is 1.32 bits per heavy atom. The number of imide groups is 1. The number of urea groups is 1. The maximum atomic E-state index is 12.6. The second-order valence-corrected chi connectivity index (χ2v) is 6.93. The van der Waals surface area contributed by atoms with Gasteiger partial charge in [-0.15, -0.1) is 0 Å². The lowest BCUT2D eigenvalue weighted by Gasteiger charge is -2.30. The second-order valence-electron chi connectivity index (χ2n) is 6.93. The highest BCUT2D eigenvalue weighted by molar-refractivity contribution is 6.08. The molecule has 8 nitrogen and oxygen atoms in total. The van der Waals surface area contributed by atoms with Crippen molar-refractivity contribution in [2.75, 3.05) is 13.6 Å². The van der Waals surface area contributed by atoms with E-state index in [1.165, 1.54) is 0 Å². The van der Waals surface area contributed by atoms with Crippen LogP contribution in [0.4, 0.5) is 4.79 Å². The van der Waals surface area contributed by atoms with E-state index in [1.54, 1.807) is 11.9 Å². The molecule has 2 fully saturated rings. The number of nitrogens with one attached hydrogen (secondary N) is 2. The minimum Gasteiger partial charge on any atom is -0.465 e. The Balaban J connectivity index is 1.55. The van der Waals surface area contributed by atoms with E-state index >= 15 is 0 Å². The third-order valence-electron chi connectivity index (χ3n) is 4.74. The number of hydrazine groups is 1. The van der Waals surface area contributed by atoms with Crippen molar-refractivity contribution in [1.29, 1.82) is 0 Å². The van der Waals surface area contributed by atoms with E-state index in [-0.39, 0.29) is 12.5 Å². The molecule has 1 saturated heterocycles. The fourth-order valence-corrected chi connectivity index (χ4v) is 3.51. The molecule has 2 heterocycles. The van der Waals surface area contributed by atoms with Crippen LogP contribution in [-0.4, -0.2) is 46.9 Å². The number of carbonyl (C=O) groups excluding carboxylic acids is 3. The summed E-state index contributed by atoms with van der Waals surface area (Å²) in [6, 6.07) is 3.17. The van der Waals surface area contributed by atoms with Gasteiger partial charge in [0, 0.05) is 0 Å². The summed E-state index contributed by atoms with van der Waals surface area (Å²) in [4.78, 5) is 38.7. The monoisotopic (exact) mass is 348 g/mol. The molecule has 3 rings (SSSR count). The number of carbonyl (C=O) groups is 3. The predicted molar refractivity (Wildman–Crippen MR) is 89.1 cm³/mol. The number of rotatable bonds is 5. The molecule has 0 radical (unpaired) electrons. The Hall–Kier alpha value is -2.35. The normalized spacial score (nSPS) is 19.6. The van der Waals surface area contributed by atoms with Crippen molar-refractivity contribution in [1.82, 2.24) is 20.7 Å². The highest BCUT2D eigenvalue weighted by Crippen LogP contribution is 2.32. The van der Waals surface area contributed by atoms with Crippen molar-refractivity contribution < 1.29 is 18.8 Å². The standard InChI is InChI=1S/C17H24N4O4/c1-12-6-7-13(25-12)10-20(2)11-14(22)19-21-15(23)17(18-16(21)24)8-4-3-5-9-17/h6-7H,3-5,8-11H2,1-2H3,(H,18,24)(H,19,22). The van der Waals surface area contributed by atoms with Gasteiger partial charge in [0.15, 0.2) is 0 Å². The van der Waals surface area contributed by atoms with Crippen molar-refractivity contribution >= 4 is 17.8 Å². The Morgan fingerprint density at radius 3 is 2.68 bits per heavy atom. The summed E-state index contributed by atoms with van der Waals surface area (Å²) in [5, 5.41) is 3.60. The van der Waals surface area contributed by atoms with Gasteiger partial charge in [-0.25, -0.2) is 4.79 Å². The van der Waals surface area contributed by atoms with Crippen molar-refractivity contribution in [2.24, 2.45) is 0 Å². The molecule has 136 valence electrons. The zero-order valence-corrected chi connectivity index (χ0v) is 14.6. The quantitative estimate of drug-likeness (QED) is 0.782. The second kappa shape index (κ2) is 6.87. The lowest BCUT2D eigenvalue weighted by Crippen LogP contribution is -2.52. The summed E-state index contributed by atoms with van der Waals surface area (Å²) < 4.78 is 5.48. The minimum absolute atomic E-state index is 0.0454. The van der Waals surface area contributed by atoms with Crippen LogP contribution in [0.1, 0.15) is 43.6 Å². The molecule has 0 unspecified atom stereocenters. The van der Waals surface area contributed by atoms with E-state index in [9.17, 15) is 14.4 Å². The van der Waals surface area contributed by atoms with E-state index < -0.39 is 17.5 Å². The van der Waals surface area contributed by atoms with Gasteiger partial charge in [0.25, 0.3) is 11.8 Å². The number of nitrogens with zero attached hydrogens (tertiary/aromatic N) is 2. The summed E-state index contributed by atoms with van der Waals surface area (Å²) in [7, 11) is 1.77. The average molecular weight is 348 g/mol. The Labute approximate surface area is 146 Å². The largest absolute Gasteiger partial charge is 0.465 e. The van der Waals surface area contributed by atoms with Crippen LogP contribution >= 0.6 is 0 Å². The molecule has 2 N–H and O–H groups in total. The number of hydrogen-bond donors (Lipinski definition) is 2. The predicted octanol–water partition coefficient (Wildman–Crippen LogP) is 1.31.